The molecule has 1 heterocycles. The van der Waals surface area contributed by atoms with Gasteiger partial charge >= 0.3 is 0 Å². The van der Waals surface area contributed by atoms with Crippen LogP contribution in [0, 0.1) is 5.82 Å². The molecule has 3 rings (SSSR count). The highest BCUT2D eigenvalue weighted by Crippen LogP contribution is 2.17. The van der Waals surface area contributed by atoms with E-state index in [1.54, 1.807) is 0 Å². The summed E-state index contributed by atoms with van der Waals surface area (Å²) >= 11 is 0. The van der Waals surface area contributed by atoms with Crippen LogP contribution in [0.5, 0.6) is 0 Å². The minimum atomic E-state index is -3.80. The van der Waals surface area contributed by atoms with Crippen LogP contribution in [-0.2, 0) is 21.4 Å². The van der Waals surface area contributed by atoms with Crippen molar-refractivity contribution in [2.24, 2.45) is 0 Å². The zero-order valence-corrected chi connectivity index (χ0v) is 15.0. The van der Waals surface area contributed by atoms with Gasteiger partial charge in [0.1, 0.15) is 5.82 Å². The molecule has 10 heteroatoms. The molecule has 140 valence electrons. The molecule has 0 spiro atoms. The maximum Gasteiger partial charge on any atom is 0.242 e. The average Bonchev–Trinajstić information content (AvgIpc) is 3.10. The topological polar surface area (TPSA) is 114 Å². The van der Waals surface area contributed by atoms with Gasteiger partial charge in [0.05, 0.1) is 11.4 Å². The lowest BCUT2D eigenvalue weighted by Gasteiger charge is -2.06. The van der Waals surface area contributed by atoms with Gasteiger partial charge in [-0.3, -0.25) is 4.79 Å². The molecule has 3 aromatic rings. The number of amides is 1. The van der Waals surface area contributed by atoms with E-state index in [-0.39, 0.29) is 34.9 Å². The van der Waals surface area contributed by atoms with E-state index in [1.807, 2.05) is 0 Å². The van der Waals surface area contributed by atoms with Gasteiger partial charge in [-0.1, -0.05) is 5.16 Å². The third kappa shape index (κ3) is 4.74. The lowest BCUT2D eigenvalue weighted by Crippen LogP contribution is -2.23. The van der Waals surface area contributed by atoms with E-state index < -0.39 is 10.0 Å². The number of hydrogen-bond acceptors (Lipinski definition) is 6. The van der Waals surface area contributed by atoms with Crippen molar-refractivity contribution in [2.75, 3.05) is 5.32 Å². The van der Waals surface area contributed by atoms with Crippen molar-refractivity contribution in [3.63, 3.8) is 0 Å². The number of sulfonamides is 1. The molecule has 1 aromatic heterocycles. The van der Waals surface area contributed by atoms with E-state index >= 15 is 0 Å². The molecule has 0 saturated carbocycles. The van der Waals surface area contributed by atoms with Gasteiger partial charge in [-0.15, -0.1) is 0 Å². The van der Waals surface area contributed by atoms with Crippen LogP contribution < -0.4 is 10.0 Å². The first-order valence-electron chi connectivity index (χ1n) is 7.79. The molecule has 0 aliphatic rings. The van der Waals surface area contributed by atoms with Gasteiger partial charge in [0, 0.05) is 18.2 Å². The predicted molar refractivity (Wildman–Crippen MR) is 94.5 cm³/mol. The Labute approximate surface area is 154 Å². The third-order valence-corrected chi connectivity index (χ3v) is 4.89. The summed E-state index contributed by atoms with van der Waals surface area (Å²) in [5.41, 5.74) is 1.03. The first-order chi connectivity index (χ1) is 12.8. The third-order valence-electron chi connectivity index (χ3n) is 3.47. The van der Waals surface area contributed by atoms with Crippen LogP contribution in [0.15, 0.2) is 57.9 Å². The van der Waals surface area contributed by atoms with Gasteiger partial charge in [0.2, 0.25) is 27.6 Å². The maximum absolute atomic E-state index is 12.9. The van der Waals surface area contributed by atoms with Crippen molar-refractivity contribution in [1.29, 1.82) is 0 Å². The van der Waals surface area contributed by atoms with Crippen molar-refractivity contribution >= 4 is 21.6 Å². The number of benzene rings is 2. The average molecular weight is 390 g/mol. The van der Waals surface area contributed by atoms with Crippen LogP contribution in [0.4, 0.5) is 10.1 Å². The van der Waals surface area contributed by atoms with Gasteiger partial charge in [-0.25, -0.2) is 17.5 Å². The summed E-state index contributed by atoms with van der Waals surface area (Å²) in [4.78, 5) is 15.1. The lowest BCUT2D eigenvalue weighted by atomic mass is 10.2. The van der Waals surface area contributed by atoms with E-state index in [2.05, 4.69) is 20.2 Å². The maximum atomic E-state index is 12.9. The van der Waals surface area contributed by atoms with Crippen molar-refractivity contribution < 1.29 is 22.1 Å². The fourth-order valence-electron chi connectivity index (χ4n) is 2.20. The van der Waals surface area contributed by atoms with E-state index in [1.165, 1.54) is 55.5 Å². The van der Waals surface area contributed by atoms with Gasteiger partial charge in [-0.05, 0) is 48.5 Å². The smallest absolute Gasteiger partial charge is 0.242 e. The fourth-order valence-corrected chi connectivity index (χ4v) is 3.18. The van der Waals surface area contributed by atoms with Crippen LogP contribution in [0.3, 0.4) is 0 Å². The van der Waals surface area contributed by atoms with Gasteiger partial charge in [0.15, 0.2) is 0 Å². The largest absolute Gasteiger partial charge is 0.338 e. The minimum absolute atomic E-state index is 0.0230. The second-order valence-electron chi connectivity index (χ2n) is 5.55. The predicted octanol–water partition coefficient (Wildman–Crippen LogP) is 2.31. The summed E-state index contributed by atoms with van der Waals surface area (Å²) in [7, 11) is -3.80. The molecule has 0 fully saturated rings. The Kier molecular flexibility index (Phi) is 5.28. The highest BCUT2D eigenvalue weighted by atomic mass is 32.2. The van der Waals surface area contributed by atoms with Gasteiger partial charge < -0.3 is 9.84 Å². The molecule has 0 aliphatic carbocycles. The summed E-state index contributed by atoms with van der Waals surface area (Å²) in [6.07, 6.45) is 0. The van der Waals surface area contributed by atoms with E-state index in [0.29, 0.717) is 11.3 Å². The Bertz CT molecular complexity index is 1050. The molecule has 27 heavy (non-hydrogen) atoms. The fraction of sp³-hybridized carbons (Fsp3) is 0.118. The van der Waals surface area contributed by atoms with Gasteiger partial charge in [0.25, 0.3) is 0 Å². The Morgan fingerprint density at radius 3 is 2.41 bits per heavy atom. The zero-order valence-electron chi connectivity index (χ0n) is 14.1. The highest BCUT2D eigenvalue weighted by molar-refractivity contribution is 7.89. The van der Waals surface area contributed by atoms with Crippen LogP contribution in [-0.4, -0.2) is 24.5 Å². The van der Waals surface area contributed by atoms with Crippen LogP contribution in [0.1, 0.15) is 12.8 Å². The first kappa shape index (κ1) is 18.7. The molecular weight excluding hydrogens is 375 g/mol. The molecule has 0 aliphatic heterocycles. The van der Waals surface area contributed by atoms with Crippen molar-refractivity contribution in [2.45, 2.75) is 18.4 Å². The lowest BCUT2D eigenvalue weighted by molar-refractivity contribution is -0.114. The summed E-state index contributed by atoms with van der Waals surface area (Å²) in [5.74, 6) is -0.353. The first-order valence-corrected chi connectivity index (χ1v) is 9.28. The number of halogens is 1. The number of rotatable bonds is 6. The summed E-state index contributed by atoms with van der Waals surface area (Å²) in [5, 5.41) is 6.30. The number of carbonyl (C=O) groups is 1. The molecule has 0 saturated heterocycles. The normalized spacial score (nSPS) is 11.3. The Hall–Kier alpha value is -3.11. The monoisotopic (exact) mass is 390 g/mol. The molecule has 8 nitrogen and oxygen atoms in total. The van der Waals surface area contributed by atoms with E-state index in [9.17, 15) is 17.6 Å². The summed E-state index contributed by atoms with van der Waals surface area (Å²) in [6, 6.07) is 11.2. The Balaban J connectivity index is 1.67. The second-order valence-corrected chi connectivity index (χ2v) is 7.32. The number of nitrogens with one attached hydrogen (secondary N) is 2. The zero-order chi connectivity index (χ0) is 19.4. The van der Waals surface area contributed by atoms with Crippen molar-refractivity contribution in [3.8, 4) is 11.4 Å². The van der Waals surface area contributed by atoms with Crippen molar-refractivity contribution in [3.05, 3.63) is 60.2 Å². The van der Waals surface area contributed by atoms with Gasteiger partial charge in [-0.2, -0.15) is 4.98 Å². The Morgan fingerprint density at radius 2 is 1.78 bits per heavy atom. The molecule has 2 N–H and O–H groups in total. The molecular formula is C17H15FN4O4S. The number of anilines is 1. The van der Waals surface area contributed by atoms with Crippen LogP contribution in [0.25, 0.3) is 11.4 Å². The SMILES string of the molecule is CC(=O)Nc1ccc(S(=O)(=O)NCc2nc(-c3ccc(F)cc3)no2)cc1. The summed E-state index contributed by atoms with van der Waals surface area (Å²) in [6.45, 7) is 1.15. The molecule has 0 atom stereocenters. The van der Waals surface area contributed by atoms with Crippen LogP contribution in [0.2, 0.25) is 0 Å². The van der Waals surface area contributed by atoms with E-state index in [4.69, 9.17) is 4.52 Å². The van der Waals surface area contributed by atoms with Crippen LogP contribution >= 0.6 is 0 Å². The number of aromatic nitrogens is 2. The summed E-state index contributed by atoms with van der Waals surface area (Å²) < 4.78 is 45.0. The highest BCUT2D eigenvalue weighted by Gasteiger charge is 2.16. The number of carbonyl (C=O) groups excluding carboxylic acids is 1. The standard InChI is InChI=1S/C17H15FN4O4S/c1-11(23)20-14-6-8-15(9-7-14)27(24,25)19-10-16-21-17(22-26-16)12-2-4-13(18)5-3-12/h2-9,19H,10H2,1H3,(H,20,23). The molecule has 0 bridgehead atoms. The molecule has 1 amide bonds. The molecule has 0 radical (unpaired) electrons. The van der Waals surface area contributed by atoms with E-state index in [0.717, 1.165) is 0 Å². The number of nitrogens with zero attached hydrogens (tertiary/aromatic N) is 2. The minimum Gasteiger partial charge on any atom is -0.338 e. The second kappa shape index (κ2) is 7.64. The molecule has 0 unspecified atom stereocenters. The Morgan fingerprint density at radius 1 is 1.11 bits per heavy atom. The van der Waals surface area contributed by atoms with Crippen molar-refractivity contribution in [1.82, 2.24) is 14.9 Å². The molecule has 2 aromatic carbocycles. The number of hydrogen-bond donors (Lipinski definition) is 2. The quantitative estimate of drug-likeness (QED) is 0.668.